The summed E-state index contributed by atoms with van der Waals surface area (Å²) in [5.41, 5.74) is 1.88. The SMILES string of the molecule is O=S(=O)(C/C(=N/OCc1ccc(Cl)cc1)c1ccccc1)c1ccc(Cl)cc1. The molecule has 0 amide bonds. The van der Waals surface area contributed by atoms with Crippen molar-refractivity contribution < 1.29 is 13.3 Å². The van der Waals surface area contributed by atoms with Gasteiger partial charge in [-0.1, -0.05) is 70.8 Å². The van der Waals surface area contributed by atoms with Gasteiger partial charge in [0.1, 0.15) is 18.1 Å². The third-order valence-electron chi connectivity index (χ3n) is 3.93. The first kappa shape index (κ1) is 20.4. The van der Waals surface area contributed by atoms with Gasteiger partial charge in [-0.2, -0.15) is 0 Å². The summed E-state index contributed by atoms with van der Waals surface area (Å²) in [5.74, 6) is -0.292. The molecule has 0 atom stereocenters. The average Bonchev–Trinajstić information content (AvgIpc) is 2.69. The molecule has 7 heteroatoms. The Bertz CT molecular complexity index is 1050. The zero-order valence-electron chi connectivity index (χ0n) is 14.8. The summed E-state index contributed by atoms with van der Waals surface area (Å²) >= 11 is 11.7. The predicted octanol–water partition coefficient (Wildman–Crippen LogP) is 5.39. The molecule has 4 nitrogen and oxygen atoms in total. The summed E-state index contributed by atoms with van der Waals surface area (Å²) in [7, 11) is -3.61. The van der Waals surface area contributed by atoms with Gasteiger partial charge in [0.2, 0.25) is 0 Å². The van der Waals surface area contributed by atoms with Gasteiger partial charge in [-0.15, -0.1) is 0 Å². The van der Waals surface area contributed by atoms with Crippen LogP contribution in [0.3, 0.4) is 0 Å². The number of nitrogens with zero attached hydrogens (tertiary/aromatic N) is 1. The molecule has 0 unspecified atom stereocenters. The fourth-order valence-electron chi connectivity index (χ4n) is 2.46. The molecule has 28 heavy (non-hydrogen) atoms. The van der Waals surface area contributed by atoms with Gasteiger partial charge in [-0.3, -0.25) is 0 Å². The van der Waals surface area contributed by atoms with Crippen LogP contribution in [0.4, 0.5) is 0 Å². The van der Waals surface area contributed by atoms with Gasteiger partial charge in [-0.05, 0) is 42.0 Å². The molecule has 0 aliphatic rings. The summed E-state index contributed by atoms with van der Waals surface area (Å²) in [6.45, 7) is 0.203. The van der Waals surface area contributed by atoms with Crippen LogP contribution in [0.1, 0.15) is 11.1 Å². The Morgan fingerprint density at radius 1 is 0.821 bits per heavy atom. The summed E-state index contributed by atoms with van der Waals surface area (Å²) in [6.07, 6.45) is 0. The Balaban J connectivity index is 1.82. The Kier molecular flexibility index (Phi) is 6.73. The molecule has 0 bridgehead atoms. The minimum absolute atomic E-state index is 0.179. The first-order valence-corrected chi connectivity index (χ1v) is 10.8. The monoisotopic (exact) mass is 433 g/mol. The lowest BCUT2D eigenvalue weighted by atomic mass is 10.1. The van der Waals surface area contributed by atoms with Crippen molar-refractivity contribution in [2.75, 3.05) is 5.75 Å². The first-order valence-electron chi connectivity index (χ1n) is 8.41. The smallest absolute Gasteiger partial charge is 0.184 e. The van der Waals surface area contributed by atoms with E-state index in [1.165, 1.54) is 12.1 Å². The Morgan fingerprint density at radius 2 is 1.39 bits per heavy atom. The maximum Gasteiger partial charge on any atom is 0.184 e. The van der Waals surface area contributed by atoms with Gasteiger partial charge in [0.15, 0.2) is 9.84 Å². The molecule has 0 heterocycles. The fourth-order valence-corrected chi connectivity index (χ4v) is 4.01. The Morgan fingerprint density at radius 3 is 2.00 bits per heavy atom. The predicted molar refractivity (Wildman–Crippen MR) is 113 cm³/mol. The van der Waals surface area contributed by atoms with Crippen LogP contribution < -0.4 is 0 Å². The van der Waals surface area contributed by atoms with Crippen molar-refractivity contribution in [1.29, 1.82) is 0 Å². The van der Waals surface area contributed by atoms with Gasteiger partial charge in [0, 0.05) is 15.6 Å². The molecule has 0 spiro atoms. The van der Waals surface area contributed by atoms with Crippen molar-refractivity contribution in [2.24, 2.45) is 5.16 Å². The van der Waals surface area contributed by atoms with Crippen molar-refractivity contribution in [3.63, 3.8) is 0 Å². The number of oxime groups is 1. The van der Waals surface area contributed by atoms with E-state index in [1.54, 1.807) is 36.4 Å². The van der Waals surface area contributed by atoms with Crippen molar-refractivity contribution in [3.05, 3.63) is 100 Å². The molecule has 0 saturated carbocycles. The minimum atomic E-state index is -3.61. The molecule has 0 N–H and O–H groups in total. The van der Waals surface area contributed by atoms with Crippen LogP contribution in [-0.2, 0) is 21.3 Å². The summed E-state index contributed by atoms with van der Waals surface area (Å²) in [4.78, 5) is 5.62. The zero-order chi connectivity index (χ0) is 20.0. The quantitative estimate of drug-likeness (QED) is 0.370. The normalized spacial score (nSPS) is 12.0. The molecule has 3 aromatic rings. The highest BCUT2D eigenvalue weighted by Gasteiger charge is 2.19. The Labute approximate surface area is 174 Å². The van der Waals surface area contributed by atoms with Crippen LogP contribution in [0.15, 0.2) is 88.9 Å². The summed E-state index contributed by atoms with van der Waals surface area (Å²) in [5, 5.41) is 5.22. The molecule has 0 aromatic heterocycles. The van der Waals surface area contributed by atoms with Crippen molar-refractivity contribution >= 4 is 38.8 Å². The van der Waals surface area contributed by atoms with Crippen molar-refractivity contribution in [1.82, 2.24) is 0 Å². The molecule has 0 saturated heterocycles. The number of benzene rings is 3. The lowest BCUT2D eigenvalue weighted by molar-refractivity contribution is 0.130. The third kappa shape index (κ3) is 5.58. The van der Waals surface area contributed by atoms with Gasteiger partial charge in [-0.25, -0.2) is 8.42 Å². The highest BCUT2D eigenvalue weighted by Crippen LogP contribution is 2.17. The fraction of sp³-hybridized carbons (Fsp3) is 0.0952. The highest BCUT2D eigenvalue weighted by atomic mass is 35.5. The van der Waals surface area contributed by atoms with E-state index in [4.69, 9.17) is 28.0 Å². The van der Waals surface area contributed by atoms with Crippen LogP contribution in [0.2, 0.25) is 10.0 Å². The van der Waals surface area contributed by atoms with Crippen molar-refractivity contribution in [3.8, 4) is 0 Å². The number of hydrogen-bond acceptors (Lipinski definition) is 4. The second-order valence-electron chi connectivity index (χ2n) is 6.02. The van der Waals surface area contributed by atoms with Gasteiger partial charge < -0.3 is 4.84 Å². The molecule has 0 fully saturated rings. The van der Waals surface area contributed by atoms with Crippen LogP contribution in [0.5, 0.6) is 0 Å². The van der Waals surface area contributed by atoms with Crippen LogP contribution >= 0.6 is 23.2 Å². The molecule has 0 aliphatic heterocycles. The van der Waals surface area contributed by atoms with Crippen molar-refractivity contribution in [2.45, 2.75) is 11.5 Å². The minimum Gasteiger partial charge on any atom is -0.391 e. The average molecular weight is 434 g/mol. The maximum atomic E-state index is 12.8. The number of halogens is 2. The Hall–Kier alpha value is -2.34. The topological polar surface area (TPSA) is 55.7 Å². The van der Waals surface area contributed by atoms with E-state index >= 15 is 0 Å². The van der Waals surface area contributed by atoms with Gasteiger partial charge >= 0.3 is 0 Å². The van der Waals surface area contributed by atoms with E-state index in [-0.39, 0.29) is 17.3 Å². The molecule has 144 valence electrons. The first-order chi connectivity index (χ1) is 13.4. The number of sulfone groups is 1. The van der Waals surface area contributed by atoms with Crippen LogP contribution in [0, 0.1) is 0 Å². The largest absolute Gasteiger partial charge is 0.391 e. The lowest BCUT2D eigenvalue weighted by Crippen LogP contribution is -2.18. The molecular formula is C21H17Cl2NO3S. The molecule has 3 rings (SSSR count). The van der Waals surface area contributed by atoms with E-state index in [0.717, 1.165) is 5.56 Å². The van der Waals surface area contributed by atoms with Gasteiger partial charge in [0.05, 0.1) is 4.90 Å². The lowest BCUT2D eigenvalue weighted by Gasteiger charge is -2.09. The summed E-state index contributed by atoms with van der Waals surface area (Å²) in [6, 6.07) is 22.3. The van der Waals surface area contributed by atoms with Crippen LogP contribution in [-0.4, -0.2) is 19.9 Å². The zero-order valence-corrected chi connectivity index (χ0v) is 17.1. The van der Waals surface area contributed by atoms with E-state index in [2.05, 4.69) is 5.16 Å². The molecule has 3 aromatic carbocycles. The second-order valence-corrected chi connectivity index (χ2v) is 8.88. The van der Waals surface area contributed by atoms with Gasteiger partial charge in [0.25, 0.3) is 0 Å². The molecular weight excluding hydrogens is 417 g/mol. The number of hydrogen-bond donors (Lipinski definition) is 0. The van der Waals surface area contributed by atoms with E-state index in [9.17, 15) is 8.42 Å². The summed E-state index contributed by atoms with van der Waals surface area (Å²) < 4.78 is 25.6. The molecule has 0 radical (unpaired) electrons. The van der Waals surface area contributed by atoms with E-state index < -0.39 is 9.84 Å². The standard InChI is InChI=1S/C21H17Cl2NO3S/c22-18-8-6-16(7-9-18)14-27-24-21(17-4-2-1-3-5-17)15-28(25,26)20-12-10-19(23)11-13-20/h1-13H,14-15H2/b24-21-. The maximum absolute atomic E-state index is 12.8. The third-order valence-corrected chi connectivity index (χ3v) is 6.07. The molecule has 0 aliphatic carbocycles. The van der Waals surface area contributed by atoms with E-state index in [1.807, 2.05) is 30.3 Å². The highest BCUT2D eigenvalue weighted by molar-refractivity contribution is 7.92. The number of rotatable bonds is 7. The van der Waals surface area contributed by atoms with E-state index in [0.29, 0.717) is 21.3 Å². The van der Waals surface area contributed by atoms with Crippen LogP contribution in [0.25, 0.3) is 0 Å². The second kappa shape index (κ2) is 9.24.